The molecule has 0 amide bonds. The molecule has 0 aromatic heterocycles. The van der Waals surface area contributed by atoms with Gasteiger partial charge >= 0.3 is 0 Å². The van der Waals surface area contributed by atoms with E-state index in [1.807, 2.05) is 13.8 Å². The summed E-state index contributed by atoms with van der Waals surface area (Å²) in [6.45, 7) is 4.87. The van der Waals surface area contributed by atoms with Crippen LogP contribution in [-0.4, -0.2) is 64.8 Å². The number of methoxy groups -OCH3 is 1. The van der Waals surface area contributed by atoms with Crippen LogP contribution in [0.15, 0.2) is 11.6 Å². The number of carbonyl (C=O) groups is 1. The monoisotopic (exact) mass is 312 g/mol. The van der Waals surface area contributed by atoms with Crippen LogP contribution in [-0.2, 0) is 14.3 Å². The first-order valence-corrected chi connectivity index (χ1v) is 7.60. The van der Waals surface area contributed by atoms with Crippen molar-refractivity contribution in [3.05, 3.63) is 11.6 Å². The zero-order valence-corrected chi connectivity index (χ0v) is 13.4. The van der Waals surface area contributed by atoms with E-state index in [0.717, 1.165) is 0 Å². The molecule has 22 heavy (non-hydrogen) atoms. The molecule has 3 aliphatic rings. The molecule has 124 valence electrons. The Morgan fingerprint density at radius 3 is 2.59 bits per heavy atom. The van der Waals surface area contributed by atoms with Gasteiger partial charge in [-0.3, -0.25) is 4.79 Å². The van der Waals surface area contributed by atoms with Crippen molar-refractivity contribution in [2.75, 3.05) is 13.7 Å². The molecule has 2 aliphatic carbocycles. The molecule has 0 aromatic rings. The van der Waals surface area contributed by atoms with E-state index in [9.17, 15) is 20.1 Å². The lowest BCUT2D eigenvalue weighted by atomic mass is 9.49. The maximum absolute atomic E-state index is 12.4. The van der Waals surface area contributed by atoms with Gasteiger partial charge in [-0.15, -0.1) is 0 Å². The average Bonchev–Trinajstić information content (AvgIpc) is 2.60. The molecule has 6 nitrogen and oxygen atoms in total. The summed E-state index contributed by atoms with van der Waals surface area (Å²) in [6, 6.07) is 0. The lowest BCUT2D eigenvalue weighted by Gasteiger charge is -2.62. The highest BCUT2D eigenvalue weighted by Crippen LogP contribution is 2.66. The Morgan fingerprint density at radius 1 is 1.41 bits per heavy atom. The summed E-state index contributed by atoms with van der Waals surface area (Å²) < 4.78 is 11.7. The summed E-state index contributed by atoms with van der Waals surface area (Å²) in [6.07, 6.45) is -1.43. The number of rotatable bonds is 2. The molecule has 1 aliphatic heterocycles. The van der Waals surface area contributed by atoms with Gasteiger partial charge in [-0.2, -0.15) is 0 Å². The normalized spacial score (nSPS) is 54.1. The van der Waals surface area contributed by atoms with E-state index in [4.69, 9.17) is 9.47 Å². The van der Waals surface area contributed by atoms with Crippen LogP contribution in [0.25, 0.3) is 0 Å². The Kier molecular flexibility index (Phi) is 3.37. The SMILES string of the molecule is COC1(C)C2OC3C=C(C)C(=O)[C@@H](O)[C@]3(CO)[C@@]1(C)C[C@H]2O. The Balaban J connectivity index is 2.26. The molecule has 7 atom stereocenters. The van der Waals surface area contributed by atoms with Gasteiger partial charge in [0.2, 0.25) is 0 Å². The third kappa shape index (κ3) is 1.45. The second kappa shape index (κ2) is 4.61. The third-order valence-electron chi connectivity index (χ3n) is 6.65. The molecular weight excluding hydrogens is 288 g/mol. The number of ketones is 1. The first-order chi connectivity index (χ1) is 10.2. The van der Waals surface area contributed by atoms with Gasteiger partial charge in [0.15, 0.2) is 5.78 Å². The van der Waals surface area contributed by atoms with E-state index >= 15 is 0 Å². The molecule has 1 heterocycles. The fourth-order valence-electron chi connectivity index (χ4n) is 4.97. The van der Waals surface area contributed by atoms with Gasteiger partial charge in [-0.1, -0.05) is 6.92 Å². The van der Waals surface area contributed by atoms with Crippen LogP contribution in [0.3, 0.4) is 0 Å². The number of Topliss-reactive ketones (excluding diaryl/α,β-unsaturated/α-hetero) is 1. The minimum atomic E-state index is -1.39. The Morgan fingerprint density at radius 2 is 2.05 bits per heavy atom. The quantitative estimate of drug-likeness (QED) is 0.653. The second-order valence-electron chi connectivity index (χ2n) is 7.21. The second-order valence-corrected chi connectivity index (χ2v) is 7.21. The smallest absolute Gasteiger partial charge is 0.187 e. The van der Waals surface area contributed by atoms with Crippen molar-refractivity contribution < 1.29 is 29.6 Å². The first kappa shape index (κ1) is 16.1. The molecule has 2 bridgehead atoms. The van der Waals surface area contributed by atoms with E-state index in [1.165, 1.54) is 7.11 Å². The summed E-state index contributed by atoms with van der Waals surface area (Å²) in [4.78, 5) is 12.4. The summed E-state index contributed by atoms with van der Waals surface area (Å²) in [5, 5.41) is 31.3. The van der Waals surface area contributed by atoms with Crippen LogP contribution in [0, 0.1) is 10.8 Å². The minimum Gasteiger partial charge on any atom is -0.396 e. The topological polar surface area (TPSA) is 96.2 Å². The number of hydrogen-bond acceptors (Lipinski definition) is 6. The molecule has 0 aromatic carbocycles. The summed E-state index contributed by atoms with van der Waals surface area (Å²) >= 11 is 0. The highest BCUT2D eigenvalue weighted by atomic mass is 16.6. The highest BCUT2D eigenvalue weighted by Gasteiger charge is 2.77. The molecule has 2 fully saturated rings. The Bertz CT molecular complexity index is 545. The fraction of sp³-hybridized carbons (Fsp3) is 0.812. The number of aliphatic hydroxyl groups excluding tert-OH is 3. The number of fused-ring (bicyclic) bond motifs is 4. The standard InChI is InChI=1S/C16H24O6/c1-8-5-10-16(7-17,12(20)11(8)19)14(2)6-9(18)13(22-10)15(14,3)21-4/h5,9-10,12-13,17-18,20H,6-7H2,1-4H3/t9-,10?,12-,13?,14+,15?,16-/m1/s1. The van der Waals surface area contributed by atoms with Crippen molar-refractivity contribution in [2.45, 2.75) is 57.2 Å². The molecule has 1 saturated carbocycles. The van der Waals surface area contributed by atoms with Crippen LogP contribution in [0.4, 0.5) is 0 Å². The lowest BCUT2D eigenvalue weighted by molar-refractivity contribution is -0.299. The molecule has 3 unspecified atom stereocenters. The van der Waals surface area contributed by atoms with Crippen molar-refractivity contribution in [1.82, 2.24) is 0 Å². The first-order valence-electron chi connectivity index (χ1n) is 7.60. The molecule has 0 spiro atoms. The van der Waals surface area contributed by atoms with Crippen molar-refractivity contribution in [1.29, 1.82) is 0 Å². The van der Waals surface area contributed by atoms with Gasteiger partial charge in [-0.05, 0) is 31.9 Å². The van der Waals surface area contributed by atoms with Crippen molar-refractivity contribution in [2.24, 2.45) is 10.8 Å². The summed E-state index contributed by atoms with van der Waals surface area (Å²) in [5.41, 5.74) is -2.54. The van der Waals surface area contributed by atoms with Crippen LogP contribution in [0.2, 0.25) is 0 Å². The van der Waals surface area contributed by atoms with Gasteiger partial charge in [0.1, 0.15) is 12.2 Å². The molecule has 3 N–H and O–H groups in total. The Hall–Kier alpha value is -0.790. The maximum Gasteiger partial charge on any atom is 0.187 e. The van der Waals surface area contributed by atoms with Crippen molar-refractivity contribution in [3.8, 4) is 0 Å². The van der Waals surface area contributed by atoms with Crippen molar-refractivity contribution >= 4 is 5.78 Å². The van der Waals surface area contributed by atoms with E-state index in [-0.39, 0.29) is 6.42 Å². The number of carbonyl (C=O) groups excluding carboxylic acids is 1. The van der Waals surface area contributed by atoms with Gasteiger partial charge in [0.05, 0.1) is 29.8 Å². The predicted molar refractivity (Wildman–Crippen MR) is 77.1 cm³/mol. The number of aliphatic hydroxyl groups is 3. The van der Waals surface area contributed by atoms with Crippen LogP contribution >= 0.6 is 0 Å². The van der Waals surface area contributed by atoms with Gasteiger partial charge in [0.25, 0.3) is 0 Å². The molecule has 0 radical (unpaired) electrons. The largest absolute Gasteiger partial charge is 0.396 e. The van der Waals surface area contributed by atoms with Gasteiger partial charge in [0, 0.05) is 12.5 Å². The van der Waals surface area contributed by atoms with E-state index in [0.29, 0.717) is 5.57 Å². The molecule has 6 heteroatoms. The highest BCUT2D eigenvalue weighted by molar-refractivity contribution is 6.00. The van der Waals surface area contributed by atoms with E-state index in [1.54, 1.807) is 13.0 Å². The van der Waals surface area contributed by atoms with Crippen molar-refractivity contribution in [3.63, 3.8) is 0 Å². The van der Waals surface area contributed by atoms with Gasteiger partial charge in [-0.25, -0.2) is 0 Å². The zero-order valence-electron chi connectivity index (χ0n) is 13.4. The zero-order chi connectivity index (χ0) is 16.5. The van der Waals surface area contributed by atoms with E-state index < -0.39 is 53.2 Å². The third-order valence-corrected chi connectivity index (χ3v) is 6.65. The average molecular weight is 312 g/mol. The number of hydrogen-bond donors (Lipinski definition) is 3. The van der Waals surface area contributed by atoms with Crippen LogP contribution < -0.4 is 0 Å². The van der Waals surface area contributed by atoms with E-state index in [2.05, 4.69) is 0 Å². The Labute approximate surface area is 129 Å². The summed E-state index contributed by atoms with van der Waals surface area (Å²) in [7, 11) is 1.52. The summed E-state index contributed by atoms with van der Waals surface area (Å²) in [5.74, 6) is -0.409. The molecule has 1 saturated heterocycles. The molecular formula is C16H24O6. The maximum atomic E-state index is 12.4. The minimum absolute atomic E-state index is 0.288. The fourth-order valence-corrected chi connectivity index (χ4v) is 4.97. The number of ether oxygens (including phenoxy) is 2. The van der Waals surface area contributed by atoms with Crippen LogP contribution in [0.1, 0.15) is 27.2 Å². The van der Waals surface area contributed by atoms with Crippen LogP contribution in [0.5, 0.6) is 0 Å². The lowest BCUT2D eigenvalue weighted by Crippen LogP contribution is -2.73. The molecule has 3 rings (SSSR count). The predicted octanol–water partition coefficient (Wildman–Crippen LogP) is -0.202. The van der Waals surface area contributed by atoms with Gasteiger partial charge < -0.3 is 24.8 Å².